The van der Waals surface area contributed by atoms with Gasteiger partial charge in [-0.25, -0.2) is 4.39 Å². The van der Waals surface area contributed by atoms with Crippen LogP contribution >= 0.6 is 0 Å². The summed E-state index contributed by atoms with van der Waals surface area (Å²) in [6, 6.07) is 5.72. The molecule has 16 heavy (non-hydrogen) atoms. The molecule has 0 aromatic heterocycles. The smallest absolute Gasteiger partial charge is 0.314 e. The van der Waals surface area contributed by atoms with Crippen molar-refractivity contribution in [1.29, 1.82) is 0 Å². The third-order valence-electron chi connectivity index (χ3n) is 3.22. The number of halogens is 1. The molecule has 0 bridgehead atoms. The molecule has 0 heterocycles. The van der Waals surface area contributed by atoms with Crippen molar-refractivity contribution in [3.8, 4) is 0 Å². The van der Waals surface area contributed by atoms with Gasteiger partial charge in [-0.15, -0.1) is 0 Å². The predicted octanol–water partition coefficient (Wildman–Crippen LogP) is 1.91. The van der Waals surface area contributed by atoms with Crippen LogP contribution in [-0.2, 0) is 4.79 Å². The summed E-state index contributed by atoms with van der Waals surface area (Å²) in [5, 5.41) is 19.2. The average Bonchev–Trinajstić information content (AvgIpc) is 2.18. The lowest BCUT2D eigenvalue weighted by Crippen LogP contribution is -2.46. The Kier molecular flexibility index (Phi) is 2.68. The maximum absolute atomic E-state index is 13.5. The minimum Gasteiger partial charge on any atom is -0.481 e. The van der Waals surface area contributed by atoms with E-state index in [0.29, 0.717) is 12.8 Å². The molecule has 0 amide bonds. The number of rotatable bonds is 3. The SMILES string of the molecule is O=C(O)C(c1ccccc1F)C1(O)CCC1. The van der Waals surface area contributed by atoms with Gasteiger partial charge in [-0.3, -0.25) is 4.79 Å². The Morgan fingerprint density at radius 1 is 1.38 bits per heavy atom. The van der Waals surface area contributed by atoms with Crippen LogP contribution in [0.1, 0.15) is 30.7 Å². The van der Waals surface area contributed by atoms with Gasteiger partial charge in [0.05, 0.1) is 5.60 Å². The van der Waals surface area contributed by atoms with Gasteiger partial charge >= 0.3 is 5.97 Å². The van der Waals surface area contributed by atoms with Gasteiger partial charge in [-0.2, -0.15) is 0 Å². The summed E-state index contributed by atoms with van der Waals surface area (Å²) in [6.07, 6.45) is 1.62. The largest absolute Gasteiger partial charge is 0.481 e. The Morgan fingerprint density at radius 2 is 2.00 bits per heavy atom. The third kappa shape index (κ3) is 1.69. The summed E-state index contributed by atoms with van der Waals surface area (Å²) in [4.78, 5) is 11.2. The number of carbonyl (C=O) groups is 1. The number of benzene rings is 1. The van der Waals surface area contributed by atoms with E-state index >= 15 is 0 Å². The minimum atomic E-state index is -1.28. The van der Waals surface area contributed by atoms with Crippen molar-refractivity contribution in [3.05, 3.63) is 35.6 Å². The lowest BCUT2D eigenvalue weighted by atomic mass is 9.68. The van der Waals surface area contributed by atoms with Gasteiger partial charge in [-0.1, -0.05) is 18.2 Å². The fourth-order valence-electron chi connectivity index (χ4n) is 2.19. The van der Waals surface area contributed by atoms with Gasteiger partial charge < -0.3 is 10.2 Å². The fourth-order valence-corrected chi connectivity index (χ4v) is 2.19. The van der Waals surface area contributed by atoms with Crippen molar-refractivity contribution < 1.29 is 19.4 Å². The zero-order chi connectivity index (χ0) is 11.8. The summed E-state index contributed by atoms with van der Waals surface area (Å²) < 4.78 is 13.5. The number of hydrogen-bond donors (Lipinski definition) is 2. The van der Waals surface area contributed by atoms with Crippen molar-refractivity contribution in [2.24, 2.45) is 0 Å². The highest BCUT2D eigenvalue weighted by molar-refractivity contribution is 5.78. The highest BCUT2D eigenvalue weighted by Gasteiger charge is 2.47. The molecule has 1 atom stereocenters. The lowest BCUT2D eigenvalue weighted by Gasteiger charge is -2.41. The molecule has 3 nitrogen and oxygen atoms in total. The molecule has 1 aromatic carbocycles. The quantitative estimate of drug-likeness (QED) is 0.824. The number of aliphatic carboxylic acids is 1. The maximum atomic E-state index is 13.5. The third-order valence-corrected chi connectivity index (χ3v) is 3.22. The zero-order valence-corrected chi connectivity index (χ0v) is 8.69. The second kappa shape index (κ2) is 3.87. The zero-order valence-electron chi connectivity index (χ0n) is 8.69. The highest BCUT2D eigenvalue weighted by atomic mass is 19.1. The molecule has 0 radical (unpaired) electrons. The van der Waals surface area contributed by atoms with Crippen LogP contribution in [0.3, 0.4) is 0 Å². The molecular weight excluding hydrogens is 211 g/mol. The summed E-state index contributed by atoms with van der Waals surface area (Å²) in [5.74, 6) is -2.91. The van der Waals surface area contributed by atoms with Crippen molar-refractivity contribution in [2.75, 3.05) is 0 Å². The normalized spacial score (nSPS) is 19.9. The monoisotopic (exact) mass is 224 g/mol. The molecule has 2 rings (SSSR count). The van der Waals surface area contributed by atoms with Gasteiger partial charge in [-0.05, 0) is 25.3 Å². The van der Waals surface area contributed by atoms with E-state index in [1.165, 1.54) is 18.2 Å². The molecule has 86 valence electrons. The number of carboxylic acid groups (broad SMARTS) is 1. The van der Waals surface area contributed by atoms with Crippen LogP contribution in [0.25, 0.3) is 0 Å². The first-order valence-corrected chi connectivity index (χ1v) is 5.24. The molecule has 1 aliphatic carbocycles. The Hall–Kier alpha value is -1.42. The second-order valence-corrected chi connectivity index (χ2v) is 4.25. The van der Waals surface area contributed by atoms with E-state index in [-0.39, 0.29) is 5.56 Å². The van der Waals surface area contributed by atoms with Crippen LogP contribution in [0.2, 0.25) is 0 Å². The van der Waals surface area contributed by atoms with Crippen LogP contribution in [0.5, 0.6) is 0 Å². The maximum Gasteiger partial charge on any atom is 0.314 e. The first-order chi connectivity index (χ1) is 7.54. The first kappa shape index (κ1) is 11.1. The molecule has 1 aromatic rings. The molecule has 0 saturated heterocycles. The standard InChI is InChI=1S/C12H13FO3/c13-9-5-2-1-4-8(9)10(11(14)15)12(16)6-3-7-12/h1-2,4-5,10,16H,3,6-7H2,(H,14,15). The van der Waals surface area contributed by atoms with Crippen molar-refractivity contribution >= 4 is 5.97 Å². The summed E-state index contributed by atoms with van der Waals surface area (Å²) >= 11 is 0. The van der Waals surface area contributed by atoms with E-state index in [1.807, 2.05) is 0 Å². The number of hydrogen-bond acceptors (Lipinski definition) is 2. The predicted molar refractivity (Wildman–Crippen MR) is 55.6 cm³/mol. The molecule has 1 fully saturated rings. The molecule has 1 aliphatic rings. The van der Waals surface area contributed by atoms with Crippen LogP contribution in [0.4, 0.5) is 4.39 Å². The number of carboxylic acids is 1. The number of aliphatic hydroxyl groups is 1. The Bertz CT molecular complexity index is 412. The van der Waals surface area contributed by atoms with E-state index < -0.39 is 23.3 Å². The molecule has 0 spiro atoms. The van der Waals surface area contributed by atoms with Crippen LogP contribution < -0.4 is 0 Å². The second-order valence-electron chi connectivity index (χ2n) is 4.25. The van der Waals surface area contributed by atoms with Crippen LogP contribution in [0.15, 0.2) is 24.3 Å². The molecule has 0 aliphatic heterocycles. The van der Waals surface area contributed by atoms with Crippen LogP contribution in [-0.4, -0.2) is 21.8 Å². The van der Waals surface area contributed by atoms with Crippen molar-refractivity contribution in [3.63, 3.8) is 0 Å². The molecule has 1 unspecified atom stereocenters. The summed E-state index contributed by atoms with van der Waals surface area (Å²) in [5.41, 5.74) is -1.22. The Balaban J connectivity index is 2.41. The Labute approximate surface area is 92.5 Å². The van der Waals surface area contributed by atoms with E-state index in [9.17, 15) is 14.3 Å². The minimum absolute atomic E-state index is 0.0669. The van der Waals surface area contributed by atoms with E-state index in [4.69, 9.17) is 5.11 Å². The van der Waals surface area contributed by atoms with Crippen molar-refractivity contribution in [1.82, 2.24) is 0 Å². The summed E-state index contributed by atoms with van der Waals surface area (Å²) in [6.45, 7) is 0. The first-order valence-electron chi connectivity index (χ1n) is 5.24. The van der Waals surface area contributed by atoms with Gasteiger partial charge in [0.15, 0.2) is 0 Å². The van der Waals surface area contributed by atoms with E-state index in [0.717, 1.165) is 6.42 Å². The topological polar surface area (TPSA) is 57.5 Å². The lowest BCUT2D eigenvalue weighted by molar-refractivity contribution is -0.151. The average molecular weight is 224 g/mol. The van der Waals surface area contributed by atoms with Gasteiger partial charge in [0, 0.05) is 5.56 Å². The molecular formula is C12H13FO3. The fraction of sp³-hybridized carbons (Fsp3) is 0.417. The van der Waals surface area contributed by atoms with E-state index in [2.05, 4.69) is 0 Å². The Morgan fingerprint density at radius 3 is 2.44 bits per heavy atom. The van der Waals surface area contributed by atoms with E-state index in [1.54, 1.807) is 6.07 Å². The molecule has 2 N–H and O–H groups in total. The summed E-state index contributed by atoms with van der Waals surface area (Å²) in [7, 11) is 0. The van der Waals surface area contributed by atoms with Gasteiger partial charge in [0.1, 0.15) is 11.7 Å². The molecule has 4 heteroatoms. The highest BCUT2D eigenvalue weighted by Crippen LogP contribution is 2.44. The van der Waals surface area contributed by atoms with Crippen LogP contribution in [0, 0.1) is 5.82 Å². The van der Waals surface area contributed by atoms with Gasteiger partial charge in [0.2, 0.25) is 0 Å². The van der Waals surface area contributed by atoms with Gasteiger partial charge in [0.25, 0.3) is 0 Å². The molecule has 1 saturated carbocycles. The van der Waals surface area contributed by atoms with Crippen molar-refractivity contribution in [2.45, 2.75) is 30.8 Å².